The van der Waals surface area contributed by atoms with Crippen molar-refractivity contribution in [3.8, 4) is 0 Å². The number of nitrogens with zero attached hydrogens (tertiary/aromatic N) is 1. The van der Waals surface area contributed by atoms with Gasteiger partial charge in [-0.3, -0.25) is 9.59 Å². The molecular weight excluding hydrogens is 370 g/mol. The average Bonchev–Trinajstić information content (AvgIpc) is 2.82. The monoisotopic (exact) mass is 393 g/mol. The lowest BCUT2D eigenvalue weighted by molar-refractivity contribution is -0.161. The van der Waals surface area contributed by atoms with E-state index in [9.17, 15) is 9.59 Å². The van der Waals surface area contributed by atoms with Crippen molar-refractivity contribution in [3.63, 3.8) is 0 Å². The van der Waals surface area contributed by atoms with Gasteiger partial charge in [0, 0.05) is 22.6 Å². The molecular formula is C19H24BrNO3. The van der Waals surface area contributed by atoms with Crippen LogP contribution in [0.2, 0.25) is 0 Å². The van der Waals surface area contributed by atoms with Gasteiger partial charge in [0.15, 0.2) is 0 Å². The van der Waals surface area contributed by atoms with Gasteiger partial charge in [-0.2, -0.15) is 0 Å². The first kappa shape index (κ1) is 17.5. The summed E-state index contributed by atoms with van der Waals surface area (Å²) in [6.45, 7) is 6.37. The largest absolute Gasteiger partial charge is 0.460 e. The molecule has 1 fully saturated rings. The Morgan fingerprint density at radius 2 is 1.88 bits per heavy atom. The van der Waals surface area contributed by atoms with Crippen LogP contribution < -0.4 is 0 Å². The molecule has 1 saturated carbocycles. The number of amides is 1. The van der Waals surface area contributed by atoms with Crippen molar-refractivity contribution in [2.45, 2.75) is 64.6 Å². The zero-order valence-electron chi connectivity index (χ0n) is 14.5. The first-order chi connectivity index (χ1) is 11.2. The summed E-state index contributed by atoms with van der Waals surface area (Å²) in [4.78, 5) is 26.8. The predicted molar refractivity (Wildman–Crippen MR) is 95.6 cm³/mol. The molecule has 0 bridgehead atoms. The van der Waals surface area contributed by atoms with Crippen LogP contribution in [-0.4, -0.2) is 28.4 Å². The standard InChI is InChI=1S/C19H24BrNO3/c1-19(2,3)24-18(23)12-4-7-15(8-5-12)21-11-13-10-14(20)6-9-16(13)17(21)22/h6,9-10,12,15H,4-5,7-8,11H2,1-3H3. The van der Waals surface area contributed by atoms with Crippen molar-refractivity contribution in [2.24, 2.45) is 5.92 Å². The minimum absolute atomic E-state index is 0.0327. The smallest absolute Gasteiger partial charge is 0.309 e. The van der Waals surface area contributed by atoms with Gasteiger partial charge in [-0.15, -0.1) is 0 Å². The van der Waals surface area contributed by atoms with Crippen molar-refractivity contribution in [1.29, 1.82) is 0 Å². The van der Waals surface area contributed by atoms with Gasteiger partial charge in [-0.25, -0.2) is 0 Å². The van der Waals surface area contributed by atoms with Gasteiger partial charge in [0.05, 0.1) is 5.92 Å². The number of carbonyl (C=O) groups excluding carboxylic acids is 2. The fourth-order valence-corrected chi connectivity index (χ4v) is 4.02. The fraction of sp³-hybridized carbons (Fsp3) is 0.579. The van der Waals surface area contributed by atoms with Gasteiger partial charge in [0.25, 0.3) is 5.91 Å². The molecule has 0 spiro atoms. The highest BCUT2D eigenvalue weighted by atomic mass is 79.9. The maximum Gasteiger partial charge on any atom is 0.309 e. The molecule has 1 amide bonds. The summed E-state index contributed by atoms with van der Waals surface area (Å²) in [7, 11) is 0. The third-order valence-corrected chi connectivity index (χ3v) is 5.27. The highest BCUT2D eigenvalue weighted by Crippen LogP contribution is 2.34. The molecule has 2 aliphatic rings. The van der Waals surface area contributed by atoms with Crippen LogP contribution in [0.15, 0.2) is 22.7 Å². The topological polar surface area (TPSA) is 46.6 Å². The van der Waals surface area contributed by atoms with Crippen molar-refractivity contribution >= 4 is 27.8 Å². The van der Waals surface area contributed by atoms with Crippen molar-refractivity contribution in [1.82, 2.24) is 4.90 Å². The van der Waals surface area contributed by atoms with Crippen LogP contribution >= 0.6 is 15.9 Å². The van der Waals surface area contributed by atoms with Crippen molar-refractivity contribution in [3.05, 3.63) is 33.8 Å². The Morgan fingerprint density at radius 3 is 2.50 bits per heavy atom. The Bertz CT molecular complexity index is 657. The summed E-state index contributed by atoms with van der Waals surface area (Å²) in [6, 6.07) is 6.06. The Kier molecular flexibility index (Phi) is 4.73. The van der Waals surface area contributed by atoms with Crippen LogP contribution in [0.3, 0.4) is 0 Å². The number of hydrogen-bond donors (Lipinski definition) is 0. The van der Waals surface area contributed by atoms with Crippen LogP contribution in [0.25, 0.3) is 0 Å². The minimum Gasteiger partial charge on any atom is -0.460 e. The molecule has 1 aliphatic heterocycles. The summed E-state index contributed by atoms with van der Waals surface area (Å²) in [5.41, 5.74) is 1.46. The van der Waals surface area contributed by atoms with Crippen LogP contribution in [0.5, 0.6) is 0 Å². The molecule has 0 radical (unpaired) electrons. The molecule has 0 unspecified atom stereocenters. The number of benzene rings is 1. The number of rotatable bonds is 2. The van der Waals surface area contributed by atoms with Gasteiger partial charge >= 0.3 is 5.97 Å². The second-order valence-electron chi connectivity index (χ2n) is 7.77. The fourth-order valence-electron chi connectivity index (χ4n) is 3.62. The van der Waals surface area contributed by atoms with Crippen molar-refractivity contribution in [2.75, 3.05) is 0 Å². The van der Waals surface area contributed by atoms with Crippen LogP contribution in [0.1, 0.15) is 62.4 Å². The average molecular weight is 394 g/mol. The Morgan fingerprint density at radius 1 is 1.21 bits per heavy atom. The summed E-state index contributed by atoms with van der Waals surface area (Å²) in [5, 5.41) is 0. The molecule has 5 heteroatoms. The highest BCUT2D eigenvalue weighted by molar-refractivity contribution is 9.10. The predicted octanol–water partition coefficient (Wildman–Crippen LogP) is 4.31. The van der Waals surface area contributed by atoms with E-state index in [-0.39, 0.29) is 23.8 Å². The third-order valence-electron chi connectivity index (χ3n) is 4.78. The zero-order chi connectivity index (χ0) is 17.5. The summed E-state index contributed by atoms with van der Waals surface area (Å²) in [6.07, 6.45) is 3.32. The van der Waals surface area contributed by atoms with E-state index in [0.29, 0.717) is 6.54 Å². The summed E-state index contributed by atoms with van der Waals surface area (Å²) >= 11 is 3.47. The van der Waals surface area contributed by atoms with Crippen LogP contribution in [0.4, 0.5) is 0 Å². The quantitative estimate of drug-likeness (QED) is 0.703. The van der Waals surface area contributed by atoms with Gasteiger partial charge in [0.2, 0.25) is 0 Å². The van der Waals surface area contributed by atoms with Crippen LogP contribution in [0, 0.1) is 5.92 Å². The lowest BCUT2D eigenvalue weighted by Gasteiger charge is -2.34. The van der Waals surface area contributed by atoms with E-state index in [1.54, 1.807) is 0 Å². The van der Waals surface area contributed by atoms with E-state index in [2.05, 4.69) is 15.9 Å². The Hall–Kier alpha value is -1.36. The number of fused-ring (bicyclic) bond motifs is 1. The van der Waals surface area contributed by atoms with E-state index in [4.69, 9.17) is 4.74 Å². The molecule has 1 aliphatic carbocycles. The molecule has 0 aromatic heterocycles. The molecule has 1 heterocycles. The number of halogens is 1. The molecule has 24 heavy (non-hydrogen) atoms. The molecule has 130 valence electrons. The molecule has 1 aromatic rings. The Labute approximate surface area is 151 Å². The zero-order valence-corrected chi connectivity index (χ0v) is 16.1. The van der Waals surface area contributed by atoms with Gasteiger partial charge in [-0.1, -0.05) is 15.9 Å². The van der Waals surface area contributed by atoms with E-state index < -0.39 is 5.60 Å². The molecule has 0 saturated heterocycles. The van der Waals surface area contributed by atoms with Gasteiger partial charge < -0.3 is 9.64 Å². The lowest BCUT2D eigenvalue weighted by atomic mass is 9.85. The third kappa shape index (κ3) is 3.66. The molecule has 1 aromatic carbocycles. The first-order valence-corrected chi connectivity index (χ1v) is 9.36. The second kappa shape index (κ2) is 6.51. The summed E-state index contributed by atoms with van der Waals surface area (Å²) in [5.74, 6) is -0.00571. The van der Waals surface area contributed by atoms with Crippen molar-refractivity contribution < 1.29 is 14.3 Å². The number of carbonyl (C=O) groups is 2. The van der Waals surface area contributed by atoms with E-state index in [1.165, 1.54) is 0 Å². The number of ether oxygens (including phenoxy) is 1. The number of esters is 1. The molecule has 0 N–H and O–H groups in total. The molecule has 0 atom stereocenters. The molecule has 4 nitrogen and oxygen atoms in total. The van der Waals surface area contributed by atoms with Crippen LogP contribution in [-0.2, 0) is 16.1 Å². The Balaban J connectivity index is 1.60. The lowest BCUT2D eigenvalue weighted by Crippen LogP contribution is -2.40. The van der Waals surface area contributed by atoms with E-state index in [0.717, 1.165) is 41.3 Å². The van der Waals surface area contributed by atoms with E-state index >= 15 is 0 Å². The maximum absolute atomic E-state index is 12.6. The summed E-state index contributed by atoms with van der Waals surface area (Å²) < 4.78 is 6.50. The highest BCUT2D eigenvalue weighted by Gasteiger charge is 2.37. The normalized spacial score (nSPS) is 24.0. The maximum atomic E-state index is 12.6. The SMILES string of the molecule is CC(C)(C)OC(=O)C1CCC(N2Cc3cc(Br)ccc3C2=O)CC1. The number of hydrogen-bond acceptors (Lipinski definition) is 3. The second-order valence-corrected chi connectivity index (χ2v) is 8.69. The molecule has 3 rings (SSSR count). The van der Waals surface area contributed by atoms with E-state index in [1.807, 2.05) is 43.9 Å². The van der Waals surface area contributed by atoms with Gasteiger partial charge in [-0.05, 0) is 70.2 Å². The van der Waals surface area contributed by atoms with Gasteiger partial charge in [0.1, 0.15) is 5.60 Å². The minimum atomic E-state index is -0.437. The first-order valence-electron chi connectivity index (χ1n) is 8.57.